The van der Waals surface area contributed by atoms with E-state index in [9.17, 15) is 9.59 Å². The number of carbonyl (C=O) groups excluding carboxylic acids is 2. The molecule has 1 aliphatic rings. The molecule has 2 atom stereocenters. The highest BCUT2D eigenvalue weighted by molar-refractivity contribution is 5.95. The molecule has 0 spiro atoms. The van der Waals surface area contributed by atoms with Gasteiger partial charge in [-0.25, -0.2) is 4.98 Å². The average molecular weight is 419 g/mol. The molecule has 3 aromatic rings. The van der Waals surface area contributed by atoms with Gasteiger partial charge in [0.25, 0.3) is 5.91 Å². The molecule has 6 heteroatoms. The Morgan fingerprint density at radius 1 is 1.19 bits per heavy atom. The van der Waals surface area contributed by atoms with Gasteiger partial charge in [0.05, 0.1) is 17.4 Å². The van der Waals surface area contributed by atoms with Crippen molar-refractivity contribution in [2.24, 2.45) is 5.92 Å². The minimum absolute atomic E-state index is 0.00320. The molecular weight excluding hydrogens is 388 g/mol. The van der Waals surface area contributed by atoms with E-state index >= 15 is 0 Å². The lowest BCUT2D eigenvalue weighted by Crippen LogP contribution is -2.30. The fourth-order valence-corrected chi connectivity index (χ4v) is 4.83. The number of imidazole rings is 1. The van der Waals surface area contributed by atoms with Crippen LogP contribution in [-0.2, 0) is 11.2 Å². The maximum atomic E-state index is 12.0. The van der Waals surface area contributed by atoms with E-state index in [4.69, 9.17) is 4.98 Å². The first-order valence-electron chi connectivity index (χ1n) is 10.8. The summed E-state index contributed by atoms with van der Waals surface area (Å²) in [6.45, 7) is 6.68. The Hall–Kier alpha value is -2.99. The van der Waals surface area contributed by atoms with Gasteiger partial charge in [0.2, 0.25) is 0 Å². The molecule has 0 aliphatic carbocycles. The molecule has 1 aromatic carbocycles. The molecule has 2 unspecified atom stereocenters. The predicted octanol–water partition coefficient (Wildman–Crippen LogP) is 3.43. The first kappa shape index (κ1) is 21.2. The number of aryl methyl sites for hydroxylation is 2. The number of likely N-dealkylation sites (N-methyl/N-ethyl adjacent to an activating group) is 1. The van der Waals surface area contributed by atoms with E-state index in [-0.39, 0.29) is 17.7 Å². The first-order chi connectivity index (χ1) is 14.8. The van der Waals surface area contributed by atoms with Crippen molar-refractivity contribution in [1.29, 1.82) is 0 Å². The lowest BCUT2D eigenvalue weighted by Gasteiger charge is -2.15. The minimum atomic E-state index is -0.0928. The smallest absolute Gasteiger partial charge is 0.251 e. The number of rotatable bonds is 5. The van der Waals surface area contributed by atoms with Gasteiger partial charge < -0.3 is 9.72 Å². The number of nitrogens with one attached hydrogen (secondary N) is 1. The zero-order valence-electron chi connectivity index (χ0n) is 18.9. The number of aromatic nitrogens is 2. The Labute approximate surface area is 183 Å². The molecule has 0 bridgehead atoms. The molecule has 3 heterocycles. The van der Waals surface area contributed by atoms with Crippen LogP contribution in [-0.4, -0.2) is 52.7 Å². The average Bonchev–Trinajstić information content (AvgIpc) is 3.27. The first-order valence-corrected chi connectivity index (χ1v) is 10.8. The number of hydrogen-bond acceptors (Lipinski definition) is 4. The van der Waals surface area contributed by atoms with Crippen LogP contribution < -0.4 is 5.32 Å². The molecule has 2 aromatic heterocycles. The minimum Gasteiger partial charge on any atom is -0.355 e. The van der Waals surface area contributed by atoms with Crippen LogP contribution in [0.25, 0.3) is 16.9 Å². The van der Waals surface area contributed by atoms with Crippen LogP contribution in [0.1, 0.15) is 40.5 Å². The van der Waals surface area contributed by atoms with E-state index in [1.165, 1.54) is 5.56 Å². The van der Waals surface area contributed by atoms with Gasteiger partial charge >= 0.3 is 0 Å². The number of ketones is 1. The van der Waals surface area contributed by atoms with Crippen molar-refractivity contribution >= 4 is 17.3 Å². The Kier molecular flexibility index (Phi) is 5.67. The summed E-state index contributed by atoms with van der Waals surface area (Å²) in [6.07, 6.45) is 3.81. The molecule has 0 saturated carbocycles. The maximum Gasteiger partial charge on any atom is 0.251 e. The Morgan fingerprint density at radius 2 is 1.97 bits per heavy atom. The number of fused-ring (bicyclic) bond motifs is 1. The second-order valence-electron chi connectivity index (χ2n) is 8.82. The topological polar surface area (TPSA) is 66.7 Å². The second kappa shape index (κ2) is 8.27. The number of benzene rings is 1. The summed E-state index contributed by atoms with van der Waals surface area (Å²) in [5.74, 6) is 0.536. The van der Waals surface area contributed by atoms with Crippen molar-refractivity contribution in [2.75, 3.05) is 20.6 Å². The van der Waals surface area contributed by atoms with Crippen molar-refractivity contribution in [3.63, 3.8) is 0 Å². The molecule has 1 amide bonds. The lowest BCUT2D eigenvalue weighted by molar-refractivity contribution is -0.120. The second-order valence-corrected chi connectivity index (χ2v) is 8.82. The molecule has 0 radical (unpaired) electrons. The highest BCUT2D eigenvalue weighted by atomic mass is 16.1. The zero-order chi connectivity index (χ0) is 22.3. The summed E-state index contributed by atoms with van der Waals surface area (Å²) in [5.41, 5.74) is 6.92. The Morgan fingerprint density at radius 3 is 2.61 bits per heavy atom. The zero-order valence-corrected chi connectivity index (χ0v) is 18.9. The van der Waals surface area contributed by atoms with Gasteiger partial charge in [0.15, 0.2) is 0 Å². The standard InChI is InChI=1S/C25H30N4O2/c1-15-8-9-29-22(13-18-12-21(17(3)30)28(5)14-18)24(27-23(29)10-15)20-7-6-19(11-16(20)2)25(31)26-4/h6-11,18,21H,12-14H2,1-5H3,(H,26,31). The number of Topliss-reactive ketones (excluding diaryl/α,β-unsaturated/α-hetero) is 1. The van der Waals surface area contributed by atoms with Gasteiger partial charge in [-0.1, -0.05) is 6.07 Å². The number of pyridine rings is 1. The quantitative estimate of drug-likeness (QED) is 0.689. The van der Waals surface area contributed by atoms with Gasteiger partial charge in [0.1, 0.15) is 11.4 Å². The van der Waals surface area contributed by atoms with E-state index in [1.807, 2.05) is 32.2 Å². The molecule has 1 saturated heterocycles. The van der Waals surface area contributed by atoms with Crippen molar-refractivity contribution in [3.05, 3.63) is 58.9 Å². The van der Waals surface area contributed by atoms with E-state index < -0.39 is 0 Å². The molecule has 162 valence electrons. The summed E-state index contributed by atoms with van der Waals surface area (Å²) in [6, 6.07) is 9.97. The van der Waals surface area contributed by atoms with Crippen LogP contribution >= 0.6 is 0 Å². The fourth-order valence-electron chi connectivity index (χ4n) is 4.83. The van der Waals surface area contributed by atoms with Gasteiger partial charge in [-0.05, 0) is 82.0 Å². The third-order valence-corrected chi connectivity index (χ3v) is 6.44. The van der Waals surface area contributed by atoms with E-state index in [0.29, 0.717) is 11.5 Å². The van der Waals surface area contributed by atoms with Crippen molar-refractivity contribution in [3.8, 4) is 11.3 Å². The van der Waals surface area contributed by atoms with Gasteiger partial charge in [-0.2, -0.15) is 0 Å². The fraction of sp³-hybridized carbons (Fsp3) is 0.400. The van der Waals surface area contributed by atoms with Crippen LogP contribution in [0, 0.1) is 19.8 Å². The largest absolute Gasteiger partial charge is 0.355 e. The summed E-state index contributed by atoms with van der Waals surface area (Å²) in [7, 11) is 3.67. The van der Waals surface area contributed by atoms with Crippen molar-refractivity contribution in [1.82, 2.24) is 19.6 Å². The van der Waals surface area contributed by atoms with Crippen molar-refractivity contribution in [2.45, 2.75) is 39.7 Å². The lowest BCUT2D eigenvalue weighted by atomic mass is 9.94. The molecule has 1 N–H and O–H groups in total. The molecule has 4 rings (SSSR count). The number of carbonyl (C=O) groups is 2. The number of nitrogens with zero attached hydrogens (tertiary/aromatic N) is 3. The van der Waals surface area contributed by atoms with E-state index in [0.717, 1.165) is 47.5 Å². The van der Waals surface area contributed by atoms with E-state index in [1.54, 1.807) is 14.0 Å². The van der Waals surface area contributed by atoms with Crippen LogP contribution in [0.3, 0.4) is 0 Å². The van der Waals surface area contributed by atoms with Crippen LogP contribution in [0.2, 0.25) is 0 Å². The Balaban J connectivity index is 1.77. The van der Waals surface area contributed by atoms with E-state index in [2.05, 4.69) is 39.9 Å². The number of hydrogen-bond donors (Lipinski definition) is 1. The predicted molar refractivity (Wildman–Crippen MR) is 122 cm³/mol. The van der Waals surface area contributed by atoms with Crippen LogP contribution in [0.15, 0.2) is 36.5 Å². The highest BCUT2D eigenvalue weighted by Crippen LogP contribution is 2.33. The third kappa shape index (κ3) is 4.00. The summed E-state index contributed by atoms with van der Waals surface area (Å²) in [4.78, 5) is 31.2. The van der Waals surface area contributed by atoms with Crippen LogP contribution in [0.5, 0.6) is 0 Å². The monoisotopic (exact) mass is 418 g/mol. The van der Waals surface area contributed by atoms with Gasteiger partial charge in [0, 0.05) is 30.9 Å². The summed E-state index contributed by atoms with van der Waals surface area (Å²) < 4.78 is 2.18. The molecule has 1 aliphatic heterocycles. The molecule has 31 heavy (non-hydrogen) atoms. The summed E-state index contributed by atoms with van der Waals surface area (Å²) in [5, 5.41) is 2.68. The van der Waals surface area contributed by atoms with Gasteiger partial charge in [-0.15, -0.1) is 0 Å². The van der Waals surface area contributed by atoms with Gasteiger partial charge in [-0.3, -0.25) is 14.5 Å². The van der Waals surface area contributed by atoms with Crippen LogP contribution in [0.4, 0.5) is 0 Å². The number of likely N-dealkylation sites (tertiary alicyclic amines) is 1. The molecule has 6 nitrogen and oxygen atoms in total. The molecular formula is C25H30N4O2. The number of amides is 1. The maximum absolute atomic E-state index is 12.0. The third-order valence-electron chi connectivity index (χ3n) is 6.44. The summed E-state index contributed by atoms with van der Waals surface area (Å²) >= 11 is 0. The normalized spacial score (nSPS) is 19.1. The highest BCUT2D eigenvalue weighted by Gasteiger charge is 2.33. The van der Waals surface area contributed by atoms with Crippen molar-refractivity contribution < 1.29 is 9.59 Å². The Bertz CT molecular complexity index is 1160. The SMILES string of the molecule is CNC(=O)c1ccc(-c2nc3cc(C)ccn3c2CC2CC(C(C)=O)N(C)C2)c(C)c1. The molecule has 1 fully saturated rings.